The fourth-order valence-electron chi connectivity index (χ4n) is 1.18. The number of ether oxygens (including phenoxy) is 1. The van der Waals surface area contributed by atoms with Crippen molar-refractivity contribution >= 4 is 15.7 Å². The molecule has 0 fully saturated rings. The Morgan fingerprint density at radius 1 is 1.44 bits per heavy atom. The van der Waals surface area contributed by atoms with E-state index in [0.717, 1.165) is 5.56 Å². The summed E-state index contributed by atoms with van der Waals surface area (Å²) in [6.07, 6.45) is 0. The van der Waals surface area contributed by atoms with Crippen molar-refractivity contribution in [2.45, 2.75) is 11.8 Å². The lowest BCUT2D eigenvalue weighted by Crippen LogP contribution is -2.27. The second-order valence-corrected chi connectivity index (χ2v) is 5.18. The Balaban J connectivity index is 2.86. The summed E-state index contributed by atoms with van der Waals surface area (Å²) >= 11 is 0. The zero-order valence-corrected chi connectivity index (χ0v) is 10.2. The Kier molecular flexibility index (Phi) is 4.28. The van der Waals surface area contributed by atoms with E-state index in [2.05, 4.69) is 4.72 Å². The monoisotopic (exact) mass is 244 g/mol. The summed E-state index contributed by atoms with van der Waals surface area (Å²) in [5.74, 6) is 0. The van der Waals surface area contributed by atoms with E-state index in [1.54, 1.807) is 19.1 Å². The van der Waals surface area contributed by atoms with Crippen molar-refractivity contribution in [3.8, 4) is 0 Å². The molecule has 0 bridgehead atoms. The van der Waals surface area contributed by atoms with Crippen molar-refractivity contribution in [3.63, 3.8) is 0 Å². The van der Waals surface area contributed by atoms with Crippen LogP contribution in [-0.4, -0.2) is 28.7 Å². The number of methoxy groups -OCH3 is 1. The smallest absolute Gasteiger partial charge is 0.240 e. The van der Waals surface area contributed by atoms with E-state index in [4.69, 9.17) is 10.5 Å². The van der Waals surface area contributed by atoms with Crippen LogP contribution in [-0.2, 0) is 14.8 Å². The second-order valence-electron chi connectivity index (χ2n) is 3.41. The highest BCUT2D eigenvalue weighted by atomic mass is 32.2. The predicted octanol–water partition coefficient (Wildman–Crippen LogP) is 0.502. The number of benzene rings is 1. The van der Waals surface area contributed by atoms with E-state index in [9.17, 15) is 8.42 Å². The van der Waals surface area contributed by atoms with E-state index in [1.807, 2.05) is 0 Å². The van der Waals surface area contributed by atoms with Crippen molar-refractivity contribution in [1.29, 1.82) is 0 Å². The van der Waals surface area contributed by atoms with Gasteiger partial charge >= 0.3 is 0 Å². The Bertz CT molecular complexity index is 457. The average Bonchev–Trinajstić information content (AvgIpc) is 2.22. The molecule has 0 unspecified atom stereocenters. The molecule has 6 heteroatoms. The molecule has 0 heterocycles. The van der Waals surface area contributed by atoms with Gasteiger partial charge < -0.3 is 10.5 Å². The fraction of sp³-hybridized carbons (Fsp3) is 0.400. The van der Waals surface area contributed by atoms with Gasteiger partial charge in [-0.1, -0.05) is 0 Å². The third-order valence-electron chi connectivity index (χ3n) is 2.15. The number of hydrogen-bond acceptors (Lipinski definition) is 4. The third kappa shape index (κ3) is 3.19. The van der Waals surface area contributed by atoms with Crippen LogP contribution in [0.5, 0.6) is 0 Å². The molecule has 5 nitrogen and oxygen atoms in total. The van der Waals surface area contributed by atoms with Gasteiger partial charge in [-0.2, -0.15) is 0 Å². The molecule has 16 heavy (non-hydrogen) atoms. The molecule has 0 aromatic heterocycles. The molecule has 0 saturated heterocycles. The fourth-order valence-corrected chi connectivity index (χ4v) is 2.27. The summed E-state index contributed by atoms with van der Waals surface area (Å²) in [5.41, 5.74) is 6.94. The van der Waals surface area contributed by atoms with Crippen molar-refractivity contribution in [2.75, 3.05) is 26.0 Å². The number of nitrogens with two attached hydrogens (primary N) is 1. The minimum Gasteiger partial charge on any atom is -0.399 e. The van der Waals surface area contributed by atoms with Gasteiger partial charge in [0.15, 0.2) is 0 Å². The maximum atomic E-state index is 11.8. The van der Waals surface area contributed by atoms with Gasteiger partial charge in [-0.25, -0.2) is 13.1 Å². The molecule has 0 spiro atoms. The van der Waals surface area contributed by atoms with E-state index < -0.39 is 10.0 Å². The number of hydrogen-bond donors (Lipinski definition) is 2. The van der Waals surface area contributed by atoms with E-state index in [0.29, 0.717) is 12.3 Å². The molecule has 1 aromatic carbocycles. The average molecular weight is 244 g/mol. The summed E-state index contributed by atoms with van der Waals surface area (Å²) in [7, 11) is -1.94. The number of aryl methyl sites for hydroxylation is 1. The standard InChI is InChI=1S/C10H16N2O3S/c1-8-7-9(3-4-10(8)11)16(13,14)12-5-6-15-2/h3-4,7,12H,5-6,11H2,1-2H3. The first-order chi connectivity index (χ1) is 7.47. The summed E-state index contributed by atoms with van der Waals surface area (Å²) < 4.78 is 30.7. The van der Waals surface area contributed by atoms with Crippen LogP contribution in [0.25, 0.3) is 0 Å². The summed E-state index contributed by atoms with van der Waals surface area (Å²) in [6, 6.07) is 4.61. The molecule has 0 aliphatic heterocycles. The number of anilines is 1. The minimum absolute atomic E-state index is 0.218. The number of rotatable bonds is 5. The zero-order chi connectivity index (χ0) is 12.2. The van der Waals surface area contributed by atoms with Gasteiger partial charge in [0.05, 0.1) is 11.5 Å². The molecular formula is C10H16N2O3S. The molecule has 0 radical (unpaired) electrons. The molecule has 1 aromatic rings. The van der Waals surface area contributed by atoms with E-state index in [1.165, 1.54) is 13.2 Å². The molecule has 3 N–H and O–H groups in total. The Hall–Kier alpha value is -1.11. The van der Waals surface area contributed by atoms with Gasteiger partial charge in [-0.3, -0.25) is 0 Å². The maximum absolute atomic E-state index is 11.8. The summed E-state index contributed by atoms with van der Waals surface area (Å²) in [4.78, 5) is 0.218. The quantitative estimate of drug-likeness (QED) is 0.584. The summed E-state index contributed by atoms with van der Waals surface area (Å²) in [5, 5.41) is 0. The van der Waals surface area contributed by atoms with Crippen LogP contribution in [0.2, 0.25) is 0 Å². The van der Waals surface area contributed by atoms with Gasteiger partial charge in [0, 0.05) is 19.3 Å². The highest BCUT2D eigenvalue weighted by molar-refractivity contribution is 7.89. The Morgan fingerprint density at radius 2 is 2.12 bits per heavy atom. The van der Waals surface area contributed by atoms with Crippen LogP contribution >= 0.6 is 0 Å². The lowest BCUT2D eigenvalue weighted by Gasteiger charge is -2.08. The molecule has 0 aliphatic rings. The van der Waals surface area contributed by atoms with Crippen molar-refractivity contribution in [1.82, 2.24) is 4.72 Å². The van der Waals surface area contributed by atoms with Crippen LogP contribution in [0.4, 0.5) is 5.69 Å². The SMILES string of the molecule is COCCNS(=O)(=O)c1ccc(N)c(C)c1. The van der Waals surface area contributed by atoms with Gasteiger partial charge in [0.2, 0.25) is 10.0 Å². The van der Waals surface area contributed by atoms with Crippen LogP contribution in [0.3, 0.4) is 0 Å². The van der Waals surface area contributed by atoms with Crippen LogP contribution < -0.4 is 10.5 Å². The minimum atomic E-state index is -3.46. The maximum Gasteiger partial charge on any atom is 0.240 e. The van der Waals surface area contributed by atoms with Gasteiger partial charge in [0.25, 0.3) is 0 Å². The third-order valence-corrected chi connectivity index (χ3v) is 3.61. The van der Waals surface area contributed by atoms with Gasteiger partial charge in [-0.05, 0) is 30.7 Å². The van der Waals surface area contributed by atoms with E-state index in [-0.39, 0.29) is 11.4 Å². The summed E-state index contributed by atoms with van der Waals surface area (Å²) in [6.45, 7) is 2.36. The van der Waals surface area contributed by atoms with Gasteiger partial charge in [-0.15, -0.1) is 0 Å². The lowest BCUT2D eigenvalue weighted by molar-refractivity contribution is 0.204. The molecule has 0 amide bonds. The largest absolute Gasteiger partial charge is 0.399 e. The second kappa shape index (κ2) is 5.29. The molecular weight excluding hydrogens is 228 g/mol. The first kappa shape index (κ1) is 13.0. The number of nitrogen functional groups attached to an aromatic ring is 1. The van der Waals surface area contributed by atoms with Crippen LogP contribution in [0.15, 0.2) is 23.1 Å². The van der Waals surface area contributed by atoms with Crippen molar-refractivity contribution < 1.29 is 13.2 Å². The zero-order valence-electron chi connectivity index (χ0n) is 9.36. The highest BCUT2D eigenvalue weighted by Gasteiger charge is 2.13. The molecule has 0 saturated carbocycles. The van der Waals surface area contributed by atoms with Crippen LogP contribution in [0, 0.1) is 6.92 Å². The Labute approximate surface area is 95.7 Å². The normalized spacial score (nSPS) is 11.6. The molecule has 0 atom stereocenters. The first-order valence-electron chi connectivity index (χ1n) is 4.82. The molecule has 0 aliphatic carbocycles. The van der Waals surface area contributed by atoms with Crippen molar-refractivity contribution in [2.24, 2.45) is 0 Å². The number of sulfonamides is 1. The first-order valence-corrected chi connectivity index (χ1v) is 6.30. The topological polar surface area (TPSA) is 81.4 Å². The predicted molar refractivity (Wildman–Crippen MR) is 62.7 cm³/mol. The van der Waals surface area contributed by atoms with E-state index >= 15 is 0 Å². The van der Waals surface area contributed by atoms with Crippen LogP contribution in [0.1, 0.15) is 5.56 Å². The molecule has 1 rings (SSSR count). The van der Waals surface area contributed by atoms with Crippen molar-refractivity contribution in [3.05, 3.63) is 23.8 Å². The molecule has 90 valence electrons. The Morgan fingerprint density at radius 3 is 2.69 bits per heavy atom. The highest BCUT2D eigenvalue weighted by Crippen LogP contribution is 2.16. The lowest BCUT2D eigenvalue weighted by atomic mass is 10.2. The van der Waals surface area contributed by atoms with Gasteiger partial charge in [0.1, 0.15) is 0 Å². The number of nitrogens with one attached hydrogen (secondary N) is 1.